The fourth-order valence-electron chi connectivity index (χ4n) is 2.10. The summed E-state index contributed by atoms with van der Waals surface area (Å²) in [5, 5.41) is 0. The van der Waals surface area contributed by atoms with Gasteiger partial charge in [0, 0.05) is 26.7 Å². The molecule has 0 aromatic rings. The largest absolute Gasteiger partial charge is 0.380 e. The molecule has 0 saturated carbocycles. The standard InChI is InChI=1S/C12H24N2O2.ClH/c1-10-4-3-6-14(7-5-10)12(15)8-11(9-13)16-2;/h10-11H,3-9,13H2,1-2H3;1H. The van der Waals surface area contributed by atoms with Crippen LogP contribution in [0.3, 0.4) is 0 Å². The zero-order chi connectivity index (χ0) is 12.0. The molecular weight excluding hydrogens is 240 g/mol. The average Bonchev–Trinajstić information content (AvgIpc) is 2.50. The van der Waals surface area contributed by atoms with Gasteiger partial charge in [-0.05, 0) is 25.2 Å². The van der Waals surface area contributed by atoms with Gasteiger partial charge in [0.1, 0.15) is 0 Å². The molecule has 0 aromatic heterocycles. The number of nitrogens with two attached hydrogens (primary N) is 1. The summed E-state index contributed by atoms with van der Waals surface area (Å²) < 4.78 is 5.14. The van der Waals surface area contributed by atoms with Gasteiger partial charge in [-0.3, -0.25) is 4.79 Å². The fraction of sp³-hybridized carbons (Fsp3) is 0.917. The zero-order valence-electron chi connectivity index (χ0n) is 10.9. The Morgan fingerprint density at radius 3 is 2.76 bits per heavy atom. The summed E-state index contributed by atoms with van der Waals surface area (Å²) in [4.78, 5) is 13.9. The Morgan fingerprint density at radius 1 is 1.47 bits per heavy atom. The topological polar surface area (TPSA) is 55.6 Å². The summed E-state index contributed by atoms with van der Waals surface area (Å²) in [7, 11) is 1.61. The van der Waals surface area contributed by atoms with Crippen LogP contribution in [-0.2, 0) is 9.53 Å². The maximum Gasteiger partial charge on any atom is 0.225 e. The smallest absolute Gasteiger partial charge is 0.225 e. The Morgan fingerprint density at radius 2 is 2.18 bits per heavy atom. The van der Waals surface area contributed by atoms with Crippen molar-refractivity contribution in [1.82, 2.24) is 4.90 Å². The molecule has 1 heterocycles. The highest BCUT2D eigenvalue weighted by atomic mass is 35.5. The van der Waals surface area contributed by atoms with Gasteiger partial charge in [0.05, 0.1) is 12.5 Å². The molecule has 1 saturated heterocycles. The quantitative estimate of drug-likeness (QED) is 0.836. The van der Waals surface area contributed by atoms with E-state index in [9.17, 15) is 4.79 Å². The van der Waals surface area contributed by atoms with Crippen molar-refractivity contribution in [2.45, 2.75) is 38.7 Å². The third kappa shape index (κ3) is 5.70. The summed E-state index contributed by atoms with van der Waals surface area (Å²) in [5.41, 5.74) is 5.52. The molecule has 1 aliphatic rings. The molecule has 0 radical (unpaired) electrons. The number of rotatable bonds is 4. The predicted molar refractivity (Wildman–Crippen MR) is 71.3 cm³/mol. The molecule has 5 heteroatoms. The van der Waals surface area contributed by atoms with E-state index < -0.39 is 0 Å². The Bertz CT molecular complexity index is 223. The third-order valence-electron chi connectivity index (χ3n) is 3.37. The summed E-state index contributed by atoms with van der Waals surface area (Å²) in [6, 6.07) is 0. The second-order valence-electron chi connectivity index (χ2n) is 4.71. The van der Waals surface area contributed by atoms with Crippen molar-refractivity contribution in [3.63, 3.8) is 0 Å². The van der Waals surface area contributed by atoms with E-state index in [1.165, 1.54) is 6.42 Å². The number of carbonyl (C=O) groups is 1. The van der Waals surface area contributed by atoms with Crippen molar-refractivity contribution >= 4 is 18.3 Å². The molecule has 0 aliphatic carbocycles. The monoisotopic (exact) mass is 264 g/mol. The van der Waals surface area contributed by atoms with Crippen LogP contribution in [0.5, 0.6) is 0 Å². The minimum Gasteiger partial charge on any atom is -0.380 e. The number of hydrogen-bond donors (Lipinski definition) is 1. The summed E-state index contributed by atoms with van der Waals surface area (Å²) in [6.45, 7) is 4.45. The molecular formula is C12H25ClN2O2. The van der Waals surface area contributed by atoms with Crippen molar-refractivity contribution in [2.24, 2.45) is 11.7 Å². The summed E-state index contributed by atoms with van der Waals surface area (Å²) in [6.07, 6.45) is 3.75. The molecule has 0 bridgehead atoms. The molecule has 102 valence electrons. The van der Waals surface area contributed by atoms with Crippen molar-refractivity contribution in [1.29, 1.82) is 0 Å². The van der Waals surface area contributed by atoms with Gasteiger partial charge in [0.25, 0.3) is 0 Å². The Hall–Kier alpha value is -0.320. The van der Waals surface area contributed by atoms with E-state index in [1.807, 2.05) is 4.90 Å². The van der Waals surface area contributed by atoms with E-state index >= 15 is 0 Å². The Kier molecular flexibility index (Phi) is 8.56. The van der Waals surface area contributed by atoms with Crippen LogP contribution >= 0.6 is 12.4 Å². The minimum atomic E-state index is -0.131. The number of likely N-dealkylation sites (tertiary alicyclic amines) is 1. The van der Waals surface area contributed by atoms with E-state index in [2.05, 4.69) is 6.92 Å². The lowest BCUT2D eigenvalue weighted by Gasteiger charge is -2.22. The fourth-order valence-corrected chi connectivity index (χ4v) is 2.10. The van der Waals surface area contributed by atoms with E-state index in [0.717, 1.165) is 31.8 Å². The van der Waals surface area contributed by atoms with Crippen LogP contribution in [0.15, 0.2) is 0 Å². The van der Waals surface area contributed by atoms with Crippen molar-refractivity contribution < 1.29 is 9.53 Å². The average molecular weight is 265 g/mol. The minimum absolute atomic E-state index is 0. The molecule has 0 spiro atoms. The molecule has 0 aromatic carbocycles. The molecule has 4 nitrogen and oxygen atoms in total. The number of nitrogens with zero attached hydrogens (tertiary/aromatic N) is 1. The van der Waals surface area contributed by atoms with E-state index in [4.69, 9.17) is 10.5 Å². The lowest BCUT2D eigenvalue weighted by Crippen LogP contribution is -2.36. The molecule has 2 atom stereocenters. The zero-order valence-corrected chi connectivity index (χ0v) is 11.7. The SMILES string of the molecule is COC(CN)CC(=O)N1CCCC(C)CC1.Cl. The highest BCUT2D eigenvalue weighted by molar-refractivity contribution is 5.85. The normalized spacial score (nSPS) is 22.5. The van der Waals surface area contributed by atoms with E-state index in [0.29, 0.717) is 13.0 Å². The maximum absolute atomic E-state index is 12.0. The van der Waals surface area contributed by atoms with Gasteiger partial charge in [-0.15, -0.1) is 12.4 Å². The molecule has 1 rings (SSSR count). The highest BCUT2D eigenvalue weighted by Crippen LogP contribution is 2.17. The first-order chi connectivity index (χ1) is 7.67. The van der Waals surface area contributed by atoms with Crippen LogP contribution in [0.1, 0.15) is 32.6 Å². The Balaban J connectivity index is 0.00000256. The first-order valence-corrected chi connectivity index (χ1v) is 6.18. The first kappa shape index (κ1) is 16.7. The van der Waals surface area contributed by atoms with Crippen LogP contribution in [0.25, 0.3) is 0 Å². The number of carbonyl (C=O) groups excluding carboxylic acids is 1. The van der Waals surface area contributed by atoms with Crippen LogP contribution in [0.2, 0.25) is 0 Å². The second-order valence-corrected chi connectivity index (χ2v) is 4.71. The lowest BCUT2D eigenvalue weighted by atomic mass is 10.0. The maximum atomic E-state index is 12.0. The van der Waals surface area contributed by atoms with Crippen molar-refractivity contribution in [3.8, 4) is 0 Å². The third-order valence-corrected chi connectivity index (χ3v) is 3.37. The van der Waals surface area contributed by atoms with Gasteiger partial charge in [-0.1, -0.05) is 6.92 Å². The van der Waals surface area contributed by atoms with E-state index in [-0.39, 0.29) is 24.4 Å². The molecule has 17 heavy (non-hydrogen) atoms. The van der Waals surface area contributed by atoms with Crippen LogP contribution in [0, 0.1) is 5.92 Å². The van der Waals surface area contributed by atoms with Crippen LogP contribution in [-0.4, -0.2) is 43.7 Å². The Labute approximate surface area is 110 Å². The van der Waals surface area contributed by atoms with E-state index in [1.54, 1.807) is 7.11 Å². The number of halogens is 1. The van der Waals surface area contributed by atoms with Crippen LogP contribution < -0.4 is 5.73 Å². The number of methoxy groups -OCH3 is 1. The van der Waals surface area contributed by atoms with Gasteiger partial charge in [-0.25, -0.2) is 0 Å². The molecule has 1 amide bonds. The highest BCUT2D eigenvalue weighted by Gasteiger charge is 2.20. The molecule has 2 unspecified atom stereocenters. The van der Waals surface area contributed by atoms with Gasteiger partial charge in [0.2, 0.25) is 5.91 Å². The summed E-state index contributed by atoms with van der Waals surface area (Å²) in [5.74, 6) is 0.928. The van der Waals surface area contributed by atoms with Gasteiger partial charge in [-0.2, -0.15) is 0 Å². The first-order valence-electron chi connectivity index (χ1n) is 6.18. The molecule has 2 N–H and O–H groups in total. The number of ether oxygens (including phenoxy) is 1. The second kappa shape index (κ2) is 8.72. The predicted octanol–water partition coefficient (Wildman–Crippen LogP) is 1.42. The number of amides is 1. The van der Waals surface area contributed by atoms with Crippen LogP contribution in [0.4, 0.5) is 0 Å². The molecule has 1 fully saturated rings. The van der Waals surface area contributed by atoms with Gasteiger partial charge < -0.3 is 15.4 Å². The molecule has 1 aliphatic heterocycles. The van der Waals surface area contributed by atoms with Crippen molar-refractivity contribution in [2.75, 3.05) is 26.7 Å². The number of hydrogen-bond acceptors (Lipinski definition) is 3. The van der Waals surface area contributed by atoms with Gasteiger partial charge in [0.15, 0.2) is 0 Å². The summed E-state index contributed by atoms with van der Waals surface area (Å²) >= 11 is 0. The van der Waals surface area contributed by atoms with Crippen molar-refractivity contribution in [3.05, 3.63) is 0 Å². The lowest BCUT2D eigenvalue weighted by molar-refractivity contribution is -0.133. The van der Waals surface area contributed by atoms with Gasteiger partial charge >= 0.3 is 0 Å².